The van der Waals surface area contributed by atoms with Crippen LogP contribution in [0.15, 0.2) is 24.3 Å². The van der Waals surface area contributed by atoms with Crippen molar-refractivity contribution in [2.45, 2.75) is 58.2 Å². The molecule has 1 aromatic carbocycles. The molecule has 1 aliphatic carbocycles. The smallest absolute Gasteiger partial charge is 0.410 e. The zero-order valence-electron chi connectivity index (χ0n) is 15.3. The lowest BCUT2D eigenvalue weighted by Gasteiger charge is -2.30. The highest BCUT2D eigenvalue weighted by Crippen LogP contribution is 2.41. The van der Waals surface area contributed by atoms with Crippen LogP contribution in [0.4, 0.5) is 9.18 Å². The third-order valence-corrected chi connectivity index (χ3v) is 4.30. The number of halogens is 1. The van der Waals surface area contributed by atoms with Crippen LogP contribution in [-0.2, 0) is 4.74 Å². The van der Waals surface area contributed by atoms with Crippen LogP contribution < -0.4 is 5.32 Å². The summed E-state index contributed by atoms with van der Waals surface area (Å²) in [6.45, 7) is 8.23. The van der Waals surface area contributed by atoms with E-state index in [4.69, 9.17) is 4.74 Å². The predicted molar refractivity (Wildman–Crippen MR) is 93.3 cm³/mol. The quantitative estimate of drug-likeness (QED) is 0.849. The van der Waals surface area contributed by atoms with Gasteiger partial charge in [0.05, 0.1) is 0 Å². The van der Waals surface area contributed by atoms with Crippen molar-refractivity contribution in [3.05, 3.63) is 35.6 Å². The molecule has 0 aromatic heterocycles. The van der Waals surface area contributed by atoms with Crippen molar-refractivity contribution in [3.63, 3.8) is 0 Å². The molecule has 134 valence electrons. The van der Waals surface area contributed by atoms with Crippen LogP contribution in [0.2, 0.25) is 0 Å². The van der Waals surface area contributed by atoms with E-state index in [0.717, 1.165) is 5.56 Å². The Labute approximate surface area is 144 Å². The van der Waals surface area contributed by atoms with Gasteiger partial charge in [-0.15, -0.1) is 0 Å². The highest BCUT2D eigenvalue weighted by atomic mass is 19.1. The summed E-state index contributed by atoms with van der Waals surface area (Å²) in [5, 5.41) is 3.54. The number of rotatable bonds is 6. The van der Waals surface area contributed by atoms with Crippen LogP contribution in [-0.4, -0.2) is 36.2 Å². The third-order valence-electron chi connectivity index (χ3n) is 4.30. The van der Waals surface area contributed by atoms with Crippen molar-refractivity contribution in [1.29, 1.82) is 0 Å². The molecule has 1 saturated carbocycles. The van der Waals surface area contributed by atoms with Crippen LogP contribution in [0.1, 0.15) is 52.1 Å². The monoisotopic (exact) mass is 336 g/mol. The van der Waals surface area contributed by atoms with Crippen molar-refractivity contribution >= 4 is 6.09 Å². The molecular formula is C19H29FN2O2. The number of nitrogens with zero attached hydrogens (tertiary/aromatic N) is 1. The van der Waals surface area contributed by atoms with Crippen LogP contribution >= 0.6 is 0 Å². The van der Waals surface area contributed by atoms with Crippen LogP contribution in [0.25, 0.3) is 0 Å². The molecule has 0 saturated heterocycles. The number of nitrogens with one attached hydrogen (secondary N) is 1. The molecule has 2 rings (SSSR count). The van der Waals surface area contributed by atoms with Crippen LogP contribution in [0.3, 0.4) is 0 Å². The highest BCUT2D eigenvalue weighted by Gasteiger charge is 2.32. The van der Waals surface area contributed by atoms with E-state index in [9.17, 15) is 9.18 Å². The molecule has 0 radical (unpaired) electrons. The number of hydrogen-bond acceptors (Lipinski definition) is 3. The second kappa shape index (κ2) is 7.51. The molecule has 1 fully saturated rings. The Morgan fingerprint density at radius 1 is 1.33 bits per heavy atom. The summed E-state index contributed by atoms with van der Waals surface area (Å²) in [7, 11) is 1.75. The summed E-state index contributed by atoms with van der Waals surface area (Å²) in [4.78, 5) is 13.8. The minimum atomic E-state index is -0.497. The lowest BCUT2D eigenvalue weighted by molar-refractivity contribution is 0.0233. The summed E-state index contributed by atoms with van der Waals surface area (Å²) in [5.74, 6) is 0.376. The van der Waals surface area contributed by atoms with Crippen molar-refractivity contribution in [1.82, 2.24) is 10.2 Å². The molecule has 5 heteroatoms. The molecule has 24 heavy (non-hydrogen) atoms. The Balaban J connectivity index is 1.91. The molecule has 1 aromatic rings. The maximum atomic E-state index is 13.1. The van der Waals surface area contributed by atoms with E-state index in [1.54, 1.807) is 11.9 Å². The first-order valence-corrected chi connectivity index (χ1v) is 8.62. The van der Waals surface area contributed by atoms with E-state index in [1.807, 2.05) is 39.8 Å². The molecule has 1 aliphatic rings. The summed E-state index contributed by atoms with van der Waals surface area (Å²) >= 11 is 0. The maximum absolute atomic E-state index is 13.1. The van der Waals surface area contributed by atoms with E-state index >= 15 is 0 Å². The van der Waals surface area contributed by atoms with E-state index in [-0.39, 0.29) is 24.0 Å². The van der Waals surface area contributed by atoms with Gasteiger partial charge in [0, 0.05) is 25.7 Å². The highest BCUT2D eigenvalue weighted by molar-refractivity contribution is 5.68. The van der Waals surface area contributed by atoms with Crippen molar-refractivity contribution in [2.24, 2.45) is 5.92 Å². The summed E-state index contributed by atoms with van der Waals surface area (Å²) in [6.07, 6.45) is 2.05. The number of carbonyl (C=O) groups is 1. The molecule has 1 amide bonds. The summed E-state index contributed by atoms with van der Waals surface area (Å²) < 4.78 is 18.5. The average Bonchev–Trinajstić information content (AvgIpc) is 3.31. The van der Waals surface area contributed by atoms with Crippen molar-refractivity contribution in [2.75, 3.05) is 13.6 Å². The van der Waals surface area contributed by atoms with Crippen molar-refractivity contribution in [3.8, 4) is 0 Å². The van der Waals surface area contributed by atoms with Crippen molar-refractivity contribution < 1.29 is 13.9 Å². The Morgan fingerprint density at radius 2 is 1.92 bits per heavy atom. The molecule has 2 unspecified atom stereocenters. The first-order chi connectivity index (χ1) is 11.2. The number of likely N-dealkylation sites (N-methyl/N-ethyl adjacent to an activating group) is 1. The lowest BCUT2D eigenvalue weighted by atomic mass is 10.0. The van der Waals surface area contributed by atoms with Gasteiger partial charge in [0.1, 0.15) is 11.4 Å². The number of benzene rings is 1. The molecule has 0 heterocycles. The third kappa shape index (κ3) is 5.48. The predicted octanol–water partition coefficient (Wildman–Crippen LogP) is 4.12. The maximum Gasteiger partial charge on any atom is 0.410 e. The van der Waals surface area contributed by atoms with E-state index < -0.39 is 5.60 Å². The Kier molecular flexibility index (Phi) is 5.86. The van der Waals surface area contributed by atoms with Gasteiger partial charge in [-0.2, -0.15) is 0 Å². The van der Waals surface area contributed by atoms with Gasteiger partial charge in [0.25, 0.3) is 0 Å². The fraction of sp³-hybridized carbons (Fsp3) is 0.632. The first kappa shape index (κ1) is 18.7. The molecule has 0 aliphatic heterocycles. The van der Waals surface area contributed by atoms with Crippen LogP contribution in [0.5, 0.6) is 0 Å². The number of carbonyl (C=O) groups excluding carboxylic acids is 1. The molecule has 4 nitrogen and oxygen atoms in total. The van der Waals surface area contributed by atoms with Gasteiger partial charge in [0.2, 0.25) is 0 Å². The fourth-order valence-electron chi connectivity index (χ4n) is 2.60. The Hall–Kier alpha value is -1.62. The molecule has 1 N–H and O–H groups in total. The molecule has 0 spiro atoms. The lowest BCUT2D eigenvalue weighted by Crippen LogP contribution is -2.44. The second-order valence-electron chi connectivity index (χ2n) is 7.72. The zero-order chi connectivity index (χ0) is 17.9. The second-order valence-corrected chi connectivity index (χ2v) is 7.72. The van der Waals surface area contributed by atoms with Gasteiger partial charge in [-0.1, -0.05) is 12.1 Å². The topological polar surface area (TPSA) is 41.6 Å². The van der Waals surface area contributed by atoms with E-state index in [2.05, 4.69) is 5.32 Å². The number of amides is 1. The standard InChI is InChI=1S/C19H29FN2O2/c1-13(22(5)18(23)24-19(2,3)4)12-21-17(14-6-7-14)15-8-10-16(20)11-9-15/h8-11,13-14,17,21H,6-7,12H2,1-5H3. The van der Waals surface area contributed by atoms with E-state index in [0.29, 0.717) is 12.5 Å². The normalized spacial score (nSPS) is 17.2. The summed E-state index contributed by atoms with van der Waals surface area (Å²) in [6, 6.07) is 6.90. The van der Waals surface area contributed by atoms with Gasteiger partial charge >= 0.3 is 6.09 Å². The SMILES string of the molecule is CC(CNC(c1ccc(F)cc1)C1CC1)N(C)C(=O)OC(C)(C)C. The Bertz CT molecular complexity index is 549. The van der Waals surface area contributed by atoms with Gasteiger partial charge in [-0.3, -0.25) is 0 Å². The van der Waals surface area contributed by atoms with Gasteiger partial charge in [0.15, 0.2) is 0 Å². The average molecular weight is 336 g/mol. The minimum Gasteiger partial charge on any atom is -0.444 e. The number of hydrogen-bond donors (Lipinski definition) is 1. The van der Waals surface area contributed by atoms with Gasteiger partial charge in [-0.05, 0) is 64.2 Å². The largest absolute Gasteiger partial charge is 0.444 e. The molecule has 2 atom stereocenters. The Morgan fingerprint density at radius 3 is 2.42 bits per heavy atom. The first-order valence-electron chi connectivity index (χ1n) is 8.62. The zero-order valence-corrected chi connectivity index (χ0v) is 15.3. The molecule has 0 bridgehead atoms. The summed E-state index contributed by atoms with van der Waals surface area (Å²) in [5.41, 5.74) is 0.606. The van der Waals surface area contributed by atoms with Crippen LogP contribution in [0, 0.1) is 11.7 Å². The van der Waals surface area contributed by atoms with Gasteiger partial charge < -0.3 is 15.0 Å². The minimum absolute atomic E-state index is 0.00143. The van der Waals surface area contributed by atoms with E-state index in [1.165, 1.54) is 25.0 Å². The molecular weight excluding hydrogens is 307 g/mol. The van der Waals surface area contributed by atoms with Gasteiger partial charge in [-0.25, -0.2) is 9.18 Å². The number of ether oxygens (including phenoxy) is 1. The fourth-order valence-corrected chi connectivity index (χ4v) is 2.60.